The largest absolute Gasteiger partial charge is 0.416 e. The van der Waals surface area contributed by atoms with Crippen molar-refractivity contribution in [1.82, 2.24) is 4.90 Å². The molecule has 0 bridgehead atoms. The molecule has 1 aliphatic heterocycles. The fourth-order valence-corrected chi connectivity index (χ4v) is 5.07. The Kier molecular flexibility index (Phi) is 8.18. The minimum absolute atomic E-state index is 0.0113. The van der Waals surface area contributed by atoms with Crippen LogP contribution >= 0.6 is 0 Å². The molecular weight excluding hydrogens is 541 g/mol. The molecule has 0 saturated heterocycles. The van der Waals surface area contributed by atoms with Gasteiger partial charge in [0, 0.05) is 24.3 Å². The lowest BCUT2D eigenvalue weighted by atomic mass is 9.93. The Bertz CT molecular complexity index is 1580. The summed E-state index contributed by atoms with van der Waals surface area (Å²) in [4.78, 5) is 28.5. The molecule has 0 atom stereocenters. The van der Waals surface area contributed by atoms with Gasteiger partial charge in [0.05, 0.1) is 24.2 Å². The summed E-state index contributed by atoms with van der Waals surface area (Å²) < 4.78 is 44.9. The first-order valence-corrected chi connectivity index (χ1v) is 13.6. The Balaban J connectivity index is 1.24. The van der Waals surface area contributed by atoms with E-state index in [4.69, 9.17) is 4.74 Å². The maximum Gasteiger partial charge on any atom is 0.416 e. The van der Waals surface area contributed by atoms with Gasteiger partial charge in [0.25, 0.3) is 5.91 Å². The first kappa shape index (κ1) is 29.1. The third-order valence-electron chi connectivity index (χ3n) is 7.32. The number of alkyl halides is 3. The SMILES string of the molecule is CC(C)(COCc1ccccc1)C(=O)N1Cc2ccc(NC(=O)c3ccccc3-c3ccc(C(F)(F)F)cc3)cc2C1. The number of hydrogen-bond donors (Lipinski definition) is 1. The van der Waals surface area contributed by atoms with Crippen molar-refractivity contribution in [2.24, 2.45) is 5.41 Å². The number of amides is 2. The van der Waals surface area contributed by atoms with E-state index in [1.165, 1.54) is 12.1 Å². The van der Waals surface area contributed by atoms with Crippen molar-refractivity contribution >= 4 is 17.5 Å². The Hall–Kier alpha value is -4.43. The van der Waals surface area contributed by atoms with Crippen molar-refractivity contribution in [2.45, 2.75) is 39.7 Å². The number of nitrogens with zero attached hydrogens (tertiary/aromatic N) is 1. The molecule has 0 saturated carbocycles. The fraction of sp³-hybridized carbons (Fsp3) is 0.235. The molecule has 5 nitrogen and oxygen atoms in total. The van der Waals surface area contributed by atoms with E-state index < -0.39 is 17.2 Å². The Morgan fingerprint density at radius 3 is 2.21 bits per heavy atom. The molecular formula is C34H31F3N2O3. The third kappa shape index (κ3) is 6.55. The lowest BCUT2D eigenvalue weighted by molar-refractivity contribution is -0.144. The van der Waals surface area contributed by atoms with Crippen LogP contribution in [0.25, 0.3) is 11.1 Å². The van der Waals surface area contributed by atoms with Gasteiger partial charge in [-0.3, -0.25) is 9.59 Å². The average Bonchev–Trinajstić information content (AvgIpc) is 3.40. The van der Waals surface area contributed by atoms with Crippen LogP contribution in [0.3, 0.4) is 0 Å². The predicted octanol–water partition coefficient (Wildman–Crippen LogP) is 7.71. The summed E-state index contributed by atoms with van der Waals surface area (Å²) in [5, 5.41) is 2.91. The lowest BCUT2D eigenvalue weighted by Crippen LogP contribution is -2.40. The second kappa shape index (κ2) is 11.8. The highest BCUT2D eigenvalue weighted by Gasteiger charge is 2.35. The van der Waals surface area contributed by atoms with Gasteiger partial charge in [0.2, 0.25) is 5.91 Å². The summed E-state index contributed by atoms with van der Waals surface area (Å²) >= 11 is 0. The number of carbonyl (C=O) groups excluding carboxylic acids is 2. The molecule has 0 aliphatic carbocycles. The van der Waals surface area contributed by atoms with Crippen LogP contribution in [-0.2, 0) is 35.4 Å². The van der Waals surface area contributed by atoms with Crippen LogP contribution in [0.5, 0.6) is 0 Å². The fourth-order valence-electron chi connectivity index (χ4n) is 5.07. The zero-order valence-corrected chi connectivity index (χ0v) is 23.4. The number of hydrogen-bond acceptors (Lipinski definition) is 3. The molecule has 1 N–H and O–H groups in total. The number of nitrogens with one attached hydrogen (secondary N) is 1. The van der Waals surface area contributed by atoms with Gasteiger partial charge in [-0.2, -0.15) is 13.2 Å². The first-order chi connectivity index (χ1) is 20.0. The van der Waals surface area contributed by atoms with Crippen LogP contribution < -0.4 is 5.32 Å². The van der Waals surface area contributed by atoms with E-state index in [-0.39, 0.29) is 18.4 Å². The van der Waals surface area contributed by atoms with Crippen molar-refractivity contribution in [3.8, 4) is 11.1 Å². The topological polar surface area (TPSA) is 58.6 Å². The molecule has 1 heterocycles. The highest BCUT2D eigenvalue weighted by atomic mass is 19.4. The molecule has 5 rings (SSSR count). The van der Waals surface area contributed by atoms with E-state index in [1.54, 1.807) is 35.2 Å². The van der Waals surface area contributed by atoms with Gasteiger partial charge in [-0.25, -0.2) is 0 Å². The van der Waals surface area contributed by atoms with Gasteiger partial charge < -0.3 is 15.0 Å². The van der Waals surface area contributed by atoms with E-state index in [0.29, 0.717) is 42.1 Å². The molecule has 0 spiro atoms. The standard InChI is InChI=1S/C34H31F3N2O3/c1-33(2,22-42-21-23-8-4-3-5-9-23)32(41)39-19-25-14-17-28(18-26(25)20-39)38-31(40)30-11-7-6-10-29(30)24-12-15-27(16-13-24)34(35,36)37/h3-18H,19-22H2,1-2H3,(H,38,40). The van der Waals surface area contributed by atoms with Crippen molar-refractivity contribution in [3.05, 3.63) is 125 Å². The second-order valence-corrected chi connectivity index (χ2v) is 11.1. The van der Waals surface area contributed by atoms with E-state index in [1.807, 2.05) is 56.3 Å². The van der Waals surface area contributed by atoms with E-state index >= 15 is 0 Å². The predicted molar refractivity (Wildman–Crippen MR) is 155 cm³/mol. The normalized spacial score (nSPS) is 13.1. The van der Waals surface area contributed by atoms with E-state index in [0.717, 1.165) is 28.8 Å². The Labute approximate surface area is 242 Å². The molecule has 4 aromatic carbocycles. The summed E-state index contributed by atoms with van der Waals surface area (Å²) in [5.74, 6) is -0.393. The monoisotopic (exact) mass is 572 g/mol. The van der Waals surface area contributed by atoms with Crippen molar-refractivity contribution in [3.63, 3.8) is 0 Å². The smallest absolute Gasteiger partial charge is 0.376 e. The highest BCUT2D eigenvalue weighted by Crippen LogP contribution is 2.33. The number of ether oxygens (including phenoxy) is 1. The Morgan fingerprint density at radius 1 is 0.833 bits per heavy atom. The molecule has 0 radical (unpaired) electrons. The summed E-state index contributed by atoms with van der Waals surface area (Å²) in [6, 6.07) is 26.9. The van der Waals surface area contributed by atoms with Gasteiger partial charge in [-0.1, -0.05) is 66.7 Å². The molecule has 0 unspecified atom stereocenters. The van der Waals surface area contributed by atoms with Gasteiger partial charge in [0.15, 0.2) is 0 Å². The maximum atomic E-state index is 13.4. The van der Waals surface area contributed by atoms with Crippen LogP contribution in [0.15, 0.2) is 97.1 Å². The molecule has 2 amide bonds. The summed E-state index contributed by atoms with van der Waals surface area (Å²) in [6.07, 6.45) is -4.44. The number of halogens is 3. The number of benzene rings is 4. The third-order valence-corrected chi connectivity index (χ3v) is 7.32. The van der Waals surface area contributed by atoms with Gasteiger partial charge in [-0.15, -0.1) is 0 Å². The van der Waals surface area contributed by atoms with Crippen LogP contribution in [0, 0.1) is 5.41 Å². The minimum Gasteiger partial charge on any atom is -0.376 e. The van der Waals surface area contributed by atoms with Crippen LogP contribution in [-0.4, -0.2) is 23.3 Å². The van der Waals surface area contributed by atoms with Crippen molar-refractivity contribution < 1.29 is 27.5 Å². The van der Waals surface area contributed by atoms with Crippen molar-refractivity contribution in [1.29, 1.82) is 0 Å². The van der Waals surface area contributed by atoms with Crippen LogP contribution in [0.1, 0.15) is 46.5 Å². The average molecular weight is 573 g/mol. The number of rotatable bonds is 8. The molecule has 0 fully saturated rings. The van der Waals surface area contributed by atoms with E-state index in [2.05, 4.69) is 5.32 Å². The van der Waals surface area contributed by atoms with Gasteiger partial charge >= 0.3 is 6.18 Å². The highest BCUT2D eigenvalue weighted by molar-refractivity contribution is 6.08. The Morgan fingerprint density at radius 2 is 1.50 bits per heavy atom. The number of anilines is 1. The lowest BCUT2D eigenvalue weighted by Gasteiger charge is -2.29. The van der Waals surface area contributed by atoms with Crippen LogP contribution in [0.4, 0.5) is 18.9 Å². The molecule has 42 heavy (non-hydrogen) atoms. The van der Waals surface area contributed by atoms with Gasteiger partial charge in [0.1, 0.15) is 0 Å². The zero-order valence-electron chi connectivity index (χ0n) is 23.4. The van der Waals surface area contributed by atoms with E-state index in [9.17, 15) is 22.8 Å². The quantitative estimate of drug-likeness (QED) is 0.235. The van der Waals surface area contributed by atoms with Crippen LogP contribution in [0.2, 0.25) is 0 Å². The summed E-state index contributed by atoms with van der Waals surface area (Å²) in [6.45, 7) is 5.37. The zero-order chi connectivity index (χ0) is 29.9. The molecule has 8 heteroatoms. The van der Waals surface area contributed by atoms with Gasteiger partial charge in [-0.05, 0) is 72.0 Å². The molecule has 216 valence electrons. The molecule has 4 aromatic rings. The summed E-state index contributed by atoms with van der Waals surface area (Å²) in [5.41, 5.74) is 3.48. The molecule has 0 aromatic heterocycles. The minimum atomic E-state index is -4.44. The first-order valence-electron chi connectivity index (χ1n) is 13.6. The van der Waals surface area contributed by atoms with Crippen molar-refractivity contribution in [2.75, 3.05) is 11.9 Å². The maximum absolute atomic E-state index is 13.4. The molecule has 1 aliphatic rings. The number of fused-ring (bicyclic) bond motifs is 1. The number of carbonyl (C=O) groups is 2. The summed E-state index contributed by atoms with van der Waals surface area (Å²) in [7, 11) is 0. The second-order valence-electron chi connectivity index (χ2n) is 11.1.